The number of rotatable bonds is 6. The average molecular weight is 351 g/mol. The van der Waals surface area contributed by atoms with Crippen LogP contribution < -0.4 is 15.8 Å². The number of nitrogens with one attached hydrogen (secondary N) is 2. The zero-order valence-corrected chi connectivity index (χ0v) is 15.0. The van der Waals surface area contributed by atoms with E-state index in [1.54, 1.807) is 0 Å². The Balaban J connectivity index is 1.74. The molecule has 2 aromatic carbocycles. The van der Waals surface area contributed by atoms with Gasteiger partial charge in [-0.25, -0.2) is 0 Å². The molecule has 5 nitrogen and oxygen atoms in total. The minimum Gasteiger partial charge on any atom is -0.353 e. The van der Waals surface area contributed by atoms with Crippen LogP contribution in [0.2, 0.25) is 0 Å². The van der Waals surface area contributed by atoms with Gasteiger partial charge >= 0.3 is 0 Å². The zero-order chi connectivity index (χ0) is 18.4. The molecule has 0 bridgehead atoms. The lowest BCUT2D eigenvalue weighted by Crippen LogP contribution is -2.50. The van der Waals surface area contributed by atoms with E-state index < -0.39 is 0 Å². The van der Waals surface area contributed by atoms with Crippen molar-refractivity contribution in [2.24, 2.45) is 5.92 Å². The Morgan fingerprint density at radius 2 is 1.77 bits per heavy atom. The molecule has 0 aromatic heterocycles. The van der Waals surface area contributed by atoms with Gasteiger partial charge in [0.05, 0.1) is 18.2 Å². The van der Waals surface area contributed by atoms with Crippen molar-refractivity contribution in [2.75, 3.05) is 5.01 Å². The van der Waals surface area contributed by atoms with Crippen LogP contribution in [0, 0.1) is 5.92 Å². The molecule has 1 aliphatic heterocycles. The third-order valence-corrected chi connectivity index (χ3v) is 4.73. The third-order valence-electron chi connectivity index (χ3n) is 4.73. The molecule has 26 heavy (non-hydrogen) atoms. The number of anilines is 1. The van der Waals surface area contributed by atoms with Crippen molar-refractivity contribution in [3.63, 3.8) is 0 Å². The van der Waals surface area contributed by atoms with Crippen molar-refractivity contribution in [1.82, 2.24) is 10.7 Å². The van der Waals surface area contributed by atoms with E-state index >= 15 is 0 Å². The lowest BCUT2D eigenvalue weighted by molar-refractivity contribution is -0.133. The van der Waals surface area contributed by atoms with Gasteiger partial charge in [-0.2, -0.15) is 0 Å². The van der Waals surface area contributed by atoms with E-state index in [4.69, 9.17) is 0 Å². The van der Waals surface area contributed by atoms with Crippen LogP contribution in [0.25, 0.3) is 0 Å². The quantitative estimate of drug-likeness (QED) is 0.787. The second-order valence-electron chi connectivity index (χ2n) is 6.69. The van der Waals surface area contributed by atoms with Crippen molar-refractivity contribution in [1.29, 1.82) is 0 Å². The van der Waals surface area contributed by atoms with Crippen molar-refractivity contribution < 1.29 is 9.59 Å². The SMILES string of the molecule is CCC1CC(C(=O)NN(Cc2ccccc2)c2ccccc2)CC(=O)N1. The topological polar surface area (TPSA) is 61.4 Å². The van der Waals surface area contributed by atoms with Crippen molar-refractivity contribution in [3.05, 3.63) is 66.2 Å². The summed E-state index contributed by atoms with van der Waals surface area (Å²) in [5.41, 5.74) is 5.05. The fourth-order valence-electron chi connectivity index (χ4n) is 3.26. The highest BCUT2D eigenvalue weighted by atomic mass is 16.2. The molecule has 0 saturated carbocycles. The van der Waals surface area contributed by atoms with Gasteiger partial charge in [-0.3, -0.25) is 20.0 Å². The van der Waals surface area contributed by atoms with Crippen molar-refractivity contribution >= 4 is 17.5 Å². The first-order chi connectivity index (χ1) is 12.7. The van der Waals surface area contributed by atoms with Crippen LogP contribution in [-0.2, 0) is 16.1 Å². The molecule has 1 heterocycles. The molecule has 1 fully saturated rings. The third kappa shape index (κ3) is 4.63. The van der Waals surface area contributed by atoms with Gasteiger partial charge < -0.3 is 5.32 Å². The first kappa shape index (κ1) is 18.0. The summed E-state index contributed by atoms with van der Waals surface area (Å²) in [4.78, 5) is 24.7. The fourth-order valence-corrected chi connectivity index (χ4v) is 3.26. The average Bonchev–Trinajstić information content (AvgIpc) is 2.68. The van der Waals surface area contributed by atoms with E-state index in [2.05, 4.69) is 10.7 Å². The molecule has 0 spiro atoms. The molecule has 1 saturated heterocycles. The largest absolute Gasteiger partial charge is 0.353 e. The lowest BCUT2D eigenvalue weighted by atomic mass is 9.90. The highest BCUT2D eigenvalue weighted by molar-refractivity contribution is 5.87. The van der Waals surface area contributed by atoms with Gasteiger partial charge in [-0.05, 0) is 30.5 Å². The molecule has 2 atom stereocenters. The van der Waals surface area contributed by atoms with Crippen LogP contribution in [0.5, 0.6) is 0 Å². The summed E-state index contributed by atoms with van der Waals surface area (Å²) in [6, 6.07) is 19.8. The number of hydrogen-bond donors (Lipinski definition) is 2. The Morgan fingerprint density at radius 1 is 1.12 bits per heavy atom. The number of benzene rings is 2. The predicted molar refractivity (Wildman–Crippen MR) is 102 cm³/mol. The van der Waals surface area contributed by atoms with Crippen molar-refractivity contribution in [3.8, 4) is 0 Å². The Labute approximate surface area is 154 Å². The van der Waals surface area contributed by atoms with E-state index in [0.29, 0.717) is 13.0 Å². The molecule has 2 unspecified atom stereocenters. The maximum atomic E-state index is 12.8. The Bertz CT molecular complexity index is 733. The van der Waals surface area contributed by atoms with E-state index in [0.717, 1.165) is 17.7 Å². The van der Waals surface area contributed by atoms with Crippen LogP contribution in [0.1, 0.15) is 31.7 Å². The highest BCUT2D eigenvalue weighted by Gasteiger charge is 2.31. The minimum atomic E-state index is -0.296. The standard InChI is InChI=1S/C21H25N3O2/c1-2-18-13-17(14-20(25)22-18)21(26)23-24(19-11-7-4-8-12-19)15-16-9-5-3-6-10-16/h3-12,17-18H,2,13-15H2,1H3,(H,22,25)(H,23,26). The summed E-state index contributed by atoms with van der Waals surface area (Å²) in [5, 5.41) is 4.80. The maximum absolute atomic E-state index is 12.8. The fraction of sp³-hybridized carbons (Fsp3) is 0.333. The van der Waals surface area contributed by atoms with E-state index in [1.165, 1.54) is 0 Å². The molecule has 1 aliphatic rings. The number of carbonyl (C=O) groups is 2. The molecule has 136 valence electrons. The number of hydrogen-bond acceptors (Lipinski definition) is 3. The van der Waals surface area contributed by atoms with Crippen molar-refractivity contribution in [2.45, 2.75) is 38.8 Å². The van der Waals surface area contributed by atoms with Gasteiger partial charge in [0.1, 0.15) is 0 Å². The molecule has 5 heteroatoms. The highest BCUT2D eigenvalue weighted by Crippen LogP contribution is 2.21. The molecule has 0 aliphatic carbocycles. The number of para-hydroxylation sites is 1. The summed E-state index contributed by atoms with van der Waals surface area (Å²) < 4.78 is 0. The van der Waals surface area contributed by atoms with Gasteiger partial charge in [0, 0.05) is 12.5 Å². The monoisotopic (exact) mass is 351 g/mol. The molecule has 2 aromatic rings. The van der Waals surface area contributed by atoms with Crippen LogP contribution in [-0.4, -0.2) is 17.9 Å². The maximum Gasteiger partial charge on any atom is 0.242 e. The number of carbonyl (C=O) groups excluding carboxylic acids is 2. The summed E-state index contributed by atoms with van der Waals surface area (Å²) in [6.07, 6.45) is 1.76. The molecular formula is C21H25N3O2. The Morgan fingerprint density at radius 3 is 2.42 bits per heavy atom. The summed E-state index contributed by atoms with van der Waals surface area (Å²) >= 11 is 0. The second-order valence-corrected chi connectivity index (χ2v) is 6.69. The van der Waals surface area contributed by atoms with Crippen LogP contribution >= 0.6 is 0 Å². The van der Waals surface area contributed by atoms with E-state index in [1.807, 2.05) is 72.6 Å². The minimum absolute atomic E-state index is 0.0439. The van der Waals surface area contributed by atoms with Crippen LogP contribution in [0.15, 0.2) is 60.7 Å². The second kappa shape index (κ2) is 8.52. The Hall–Kier alpha value is -2.82. The Kier molecular flexibility index (Phi) is 5.89. The molecular weight excluding hydrogens is 326 g/mol. The number of nitrogens with zero attached hydrogens (tertiary/aromatic N) is 1. The number of amides is 2. The molecule has 2 N–H and O–H groups in total. The molecule has 3 rings (SSSR count). The van der Waals surface area contributed by atoms with Gasteiger partial charge in [-0.15, -0.1) is 0 Å². The first-order valence-electron chi connectivity index (χ1n) is 9.12. The van der Waals surface area contributed by atoms with Gasteiger partial charge in [0.15, 0.2) is 0 Å². The van der Waals surface area contributed by atoms with Gasteiger partial charge in [0.25, 0.3) is 0 Å². The summed E-state index contributed by atoms with van der Waals surface area (Å²) in [6.45, 7) is 2.59. The normalized spacial score (nSPS) is 19.5. The van der Waals surface area contributed by atoms with E-state index in [9.17, 15) is 9.59 Å². The number of hydrazine groups is 1. The zero-order valence-electron chi connectivity index (χ0n) is 15.0. The lowest BCUT2D eigenvalue weighted by Gasteiger charge is -2.32. The number of piperidine rings is 1. The summed E-state index contributed by atoms with van der Waals surface area (Å²) in [7, 11) is 0. The van der Waals surface area contributed by atoms with Crippen LogP contribution in [0.3, 0.4) is 0 Å². The molecule has 0 radical (unpaired) electrons. The van der Waals surface area contributed by atoms with Gasteiger partial charge in [0.2, 0.25) is 11.8 Å². The van der Waals surface area contributed by atoms with Crippen LogP contribution in [0.4, 0.5) is 5.69 Å². The molecule has 2 amide bonds. The predicted octanol–water partition coefficient (Wildman–Crippen LogP) is 3.03. The van der Waals surface area contributed by atoms with E-state index in [-0.39, 0.29) is 30.2 Å². The first-order valence-corrected chi connectivity index (χ1v) is 9.12. The van der Waals surface area contributed by atoms with Gasteiger partial charge in [-0.1, -0.05) is 55.5 Å². The smallest absolute Gasteiger partial charge is 0.242 e. The summed E-state index contributed by atoms with van der Waals surface area (Å²) in [5.74, 6) is -0.439.